The van der Waals surface area contributed by atoms with E-state index in [2.05, 4.69) is 26.0 Å². The summed E-state index contributed by atoms with van der Waals surface area (Å²) in [4.78, 5) is 12.1. The monoisotopic (exact) mass is 341 g/mol. The molecule has 1 amide bonds. The van der Waals surface area contributed by atoms with Gasteiger partial charge in [-0.25, -0.2) is 0 Å². The van der Waals surface area contributed by atoms with Crippen molar-refractivity contribution >= 4 is 27.5 Å². The van der Waals surface area contributed by atoms with Crippen LogP contribution in [-0.4, -0.2) is 12.5 Å². The summed E-state index contributed by atoms with van der Waals surface area (Å²) in [5, 5.41) is 2.55. The lowest BCUT2D eigenvalue weighted by molar-refractivity contribution is -0.0493. The van der Waals surface area contributed by atoms with E-state index in [9.17, 15) is 13.6 Å². The number of hydrogen-bond donors (Lipinski definition) is 1. The molecule has 2 aromatic carbocycles. The van der Waals surface area contributed by atoms with Crippen molar-refractivity contribution in [2.75, 3.05) is 5.32 Å². The van der Waals surface area contributed by atoms with Crippen molar-refractivity contribution in [3.63, 3.8) is 0 Å². The Morgan fingerprint density at radius 3 is 2.45 bits per heavy atom. The van der Waals surface area contributed by atoms with E-state index < -0.39 is 12.5 Å². The highest BCUT2D eigenvalue weighted by atomic mass is 79.9. The van der Waals surface area contributed by atoms with Crippen molar-refractivity contribution in [1.29, 1.82) is 0 Å². The van der Waals surface area contributed by atoms with Gasteiger partial charge in [0.05, 0.1) is 11.3 Å². The van der Waals surface area contributed by atoms with Gasteiger partial charge in [-0.15, -0.1) is 0 Å². The lowest BCUT2D eigenvalue weighted by Crippen LogP contribution is -2.14. The van der Waals surface area contributed by atoms with Crippen molar-refractivity contribution in [1.82, 2.24) is 0 Å². The first kappa shape index (κ1) is 14.5. The van der Waals surface area contributed by atoms with Crippen LogP contribution in [0.3, 0.4) is 0 Å². The first-order valence-electron chi connectivity index (χ1n) is 5.67. The maximum atomic E-state index is 12.3. The van der Waals surface area contributed by atoms with Gasteiger partial charge < -0.3 is 10.1 Å². The molecule has 2 rings (SSSR count). The van der Waals surface area contributed by atoms with Gasteiger partial charge in [-0.2, -0.15) is 8.78 Å². The summed E-state index contributed by atoms with van der Waals surface area (Å²) in [6.45, 7) is -2.95. The van der Waals surface area contributed by atoms with E-state index in [0.717, 1.165) is 0 Å². The topological polar surface area (TPSA) is 38.3 Å². The molecule has 0 aromatic heterocycles. The first-order chi connectivity index (χ1) is 9.58. The minimum absolute atomic E-state index is 0.0806. The number of rotatable bonds is 4. The second-order valence-corrected chi connectivity index (χ2v) is 4.66. The minimum atomic E-state index is -2.95. The van der Waals surface area contributed by atoms with Crippen LogP contribution in [0.5, 0.6) is 5.75 Å². The number of amides is 1. The molecule has 0 heterocycles. The SMILES string of the molecule is O=C(Nc1ccccc1OC(F)F)c1ccccc1Br. The molecule has 104 valence electrons. The van der Waals surface area contributed by atoms with E-state index in [1.165, 1.54) is 12.1 Å². The molecule has 0 saturated carbocycles. The molecule has 0 aliphatic carbocycles. The quantitative estimate of drug-likeness (QED) is 0.900. The molecule has 0 saturated heterocycles. The molecular formula is C14H10BrF2NO2. The molecule has 0 aliphatic rings. The normalized spacial score (nSPS) is 10.4. The van der Waals surface area contributed by atoms with Crippen LogP contribution < -0.4 is 10.1 Å². The molecule has 20 heavy (non-hydrogen) atoms. The molecule has 0 spiro atoms. The lowest BCUT2D eigenvalue weighted by Gasteiger charge is -2.12. The lowest BCUT2D eigenvalue weighted by atomic mass is 10.2. The predicted octanol–water partition coefficient (Wildman–Crippen LogP) is 4.30. The van der Waals surface area contributed by atoms with Gasteiger partial charge in [0.15, 0.2) is 0 Å². The third-order valence-electron chi connectivity index (χ3n) is 2.47. The number of anilines is 1. The summed E-state index contributed by atoms with van der Waals surface area (Å²) in [6.07, 6.45) is 0. The highest BCUT2D eigenvalue weighted by molar-refractivity contribution is 9.10. The van der Waals surface area contributed by atoms with E-state index in [0.29, 0.717) is 10.0 Å². The number of halogens is 3. The predicted molar refractivity (Wildman–Crippen MR) is 75.2 cm³/mol. The average molecular weight is 342 g/mol. The van der Waals surface area contributed by atoms with Gasteiger partial charge in [-0.1, -0.05) is 24.3 Å². The Kier molecular flexibility index (Phi) is 4.68. The van der Waals surface area contributed by atoms with Gasteiger partial charge in [0.1, 0.15) is 5.75 Å². The van der Waals surface area contributed by atoms with Crippen LogP contribution in [0.25, 0.3) is 0 Å². The second kappa shape index (κ2) is 6.47. The zero-order valence-electron chi connectivity index (χ0n) is 10.1. The Hall–Kier alpha value is -1.95. The van der Waals surface area contributed by atoms with E-state index in [4.69, 9.17) is 0 Å². The van der Waals surface area contributed by atoms with Crippen molar-refractivity contribution in [3.05, 3.63) is 58.6 Å². The van der Waals surface area contributed by atoms with Crippen LogP contribution in [0, 0.1) is 0 Å². The second-order valence-electron chi connectivity index (χ2n) is 3.81. The summed E-state index contributed by atoms with van der Waals surface area (Å²) in [5.41, 5.74) is 0.591. The van der Waals surface area contributed by atoms with Crippen LogP contribution >= 0.6 is 15.9 Å². The van der Waals surface area contributed by atoms with Gasteiger partial charge in [0.25, 0.3) is 5.91 Å². The van der Waals surface area contributed by atoms with Crippen molar-refractivity contribution < 1.29 is 18.3 Å². The highest BCUT2D eigenvalue weighted by Crippen LogP contribution is 2.26. The fraction of sp³-hybridized carbons (Fsp3) is 0.0714. The van der Waals surface area contributed by atoms with E-state index in [1.54, 1.807) is 36.4 Å². The molecule has 0 unspecified atom stereocenters. The molecule has 1 N–H and O–H groups in total. The number of alkyl halides is 2. The molecule has 0 atom stereocenters. The van der Waals surface area contributed by atoms with Gasteiger partial charge >= 0.3 is 6.61 Å². The fourth-order valence-electron chi connectivity index (χ4n) is 1.60. The van der Waals surface area contributed by atoms with Crippen LogP contribution in [0.2, 0.25) is 0 Å². The Balaban J connectivity index is 2.22. The van der Waals surface area contributed by atoms with E-state index >= 15 is 0 Å². The smallest absolute Gasteiger partial charge is 0.387 e. The number of benzene rings is 2. The number of carbonyl (C=O) groups excluding carboxylic acids is 1. The Morgan fingerprint density at radius 1 is 1.10 bits per heavy atom. The van der Waals surface area contributed by atoms with Crippen molar-refractivity contribution in [2.24, 2.45) is 0 Å². The maximum absolute atomic E-state index is 12.3. The van der Waals surface area contributed by atoms with Crippen LogP contribution in [0.4, 0.5) is 14.5 Å². The molecule has 0 radical (unpaired) electrons. The number of nitrogens with one attached hydrogen (secondary N) is 1. The van der Waals surface area contributed by atoms with E-state index in [-0.39, 0.29) is 11.4 Å². The summed E-state index contributed by atoms with van der Waals surface area (Å²) in [5.74, 6) is -0.495. The minimum Gasteiger partial charge on any atom is -0.433 e. The third kappa shape index (κ3) is 3.54. The third-order valence-corrected chi connectivity index (χ3v) is 3.16. The Labute approximate surface area is 122 Å². The summed E-state index contributed by atoms with van der Waals surface area (Å²) < 4.78 is 29.5. The van der Waals surface area contributed by atoms with Crippen molar-refractivity contribution in [3.8, 4) is 5.75 Å². The number of ether oxygens (including phenoxy) is 1. The highest BCUT2D eigenvalue weighted by Gasteiger charge is 2.14. The average Bonchev–Trinajstić information content (AvgIpc) is 2.41. The number of hydrogen-bond acceptors (Lipinski definition) is 2. The van der Waals surface area contributed by atoms with Gasteiger partial charge in [0, 0.05) is 4.47 Å². The summed E-state index contributed by atoms with van der Waals surface area (Å²) >= 11 is 3.26. The van der Waals surface area contributed by atoms with Crippen LogP contribution in [0.1, 0.15) is 10.4 Å². The zero-order chi connectivity index (χ0) is 14.5. The fourth-order valence-corrected chi connectivity index (χ4v) is 2.07. The van der Waals surface area contributed by atoms with Gasteiger partial charge in [0.2, 0.25) is 0 Å². The molecule has 2 aromatic rings. The zero-order valence-corrected chi connectivity index (χ0v) is 11.7. The molecule has 6 heteroatoms. The first-order valence-corrected chi connectivity index (χ1v) is 6.47. The summed E-state index contributed by atoms with van der Waals surface area (Å²) in [7, 11) is 0. The molecule has 0 bridgehead atoms. The number of carbonyl (C=O) groups is 1. The van der Waals surface area contributed by atoms with E-state index in [1.807, 2.05) is 0 Å². The standard InChI is InChI=1S/C14H10BrF2NO2/c15-10-6-2-1-5-9(10)13(19)18-11-7-3-4-8-12(11)20-14(16)17/h1-8,14H,(H,18,19). The molecule has 0 fully saturated rings. The molecule has 0 aliphatic heterocycles. The van der Waals surface area contributed by atoms with Crippen molar-refractivity contribution in [2.45, 2.75) is 6.61 Å². The number of para-hydroxylation sites is 2. The molecule has 3 nitrogen and oxygen atoms in total. The largest absolute Gasteiger partial charge is 0.433 e. The van der Waals surface area contributed by atoms with Gasteiger partial charge in [-0.05, 0) is 40.2 Å². The van der Waals surface area contributed by atoms with Crippen LogP contribution in [-0.2, 0) is 0 Å². The molecular weight excluding hydrogens is 332 g/mol. The van der Waals surface area contributed by atoms with Crippen LogP contribution in [0.15, 0.2) is 53.0 Å². The maximum Gasteiger partial charge on any atom is 0.387 e. The Morgan fingerprint density at radius 2 is 1.75 bits per heavy atom. The summed E-state index contributed by atoms with van der Waals surface area (Å²) in [6, 6.07) is 12.8. The Bertz CT molecular complexity index is 620. The van der Waals surface area contributed by atoms with Gasteiger partial charge in [-0.3, -0.25) is 4.79 Å².